The van der Waals surface area contributed by atoms with E-state index in [0.29, 0.717) is 5.56 Å². The van der Waals surface area contributed by atoms with Crippen molar-refractivity contribution < 1.29 is 22.7 Å². The molecule has 0 aliphatic heterocycles. The maximum Gasteiger partial charge on any atom is 0.340 e. The van der Waals surface area contributed by atoms with Gasteiger partial charge in [-0.2, -0.15) is 0 Å². The molecule has 0 amide bonds. The number of anilines is 1. The molecule has 0 aromatic heterocycles. The number of carbonyl (C=O) groups is 2. The second kappa shape index (κ2) is 7.92. The summed E-state index contributed by atoms with van der Waals surface area (Å²) in [4.78, 5) is 25.2. The van der Waals surface area contributed by atoms with Gasteiger partial charge in [-0.25, -0.2) is 13.2 Å². The number of nitrogens with one attached hydrogen (secondary N) is 1. The van der Waals surface area contributed by atoms with Gasteiger partial charge < -0.3 is 4.74 Å². The molecule has 2 aromatic rings. The van der Waals surface area contributed by atoms with E-state index in [4.69, 9.17) is 4.74 Å². The number of carbonyl (C=O) groups excluding carboxylic acids is 2. The van der Waals surface area contributed by atoms with Gasteiger partial charge >= 0.3 is 5.97 Å². The molecule has 2 rings (SSSR count). The standard InChI is InChI=1S/C20H23NO5S/c1-12-10-14(3)17(11-13(12)2)19(22)15(4)26-20(23)16-8-6-7-9-18(16)21-27(5,24)25/h6-11,15,21H,1-5H3/t15-/m1/s1. The van der Waals surface area contributed by atoms with E-state index in [1.54, 1.807) is 18.2 Å². The van der Waals surface area contributed by atoms with Crippen LogP contribution in [0.15, 0.2) is 36.4 Å². The Hall–Kier alpha value is -2.67. The quantitative estimate of drug-likeness (QED) is 0.604. The van der Waals surface area contributed by atoms with Crippen molar-refractivity contribution in [1.82, 2.24) is 0 Å². The van der Waals surface area contributed by atoms with Crippen LogP contribution in [0.5, 0.6) is 0 Å². The minimum absolute atomic E-state index is 0.0411. The van der Waals surface area contributed by atoms with Gasteiger partial charge in [-0.05, 0) is 62.6 Å². The number of Topliss-reactive ketones (excluding diaryl/α,β-unsaturated/α-hetero) is 1. The Kier molecular flexibility index (Phi) is 6.05. The highest BCUT2D eigenvalue weighted by Crippen LogP contribution is 2.21. The maximum atomic E-state index is 12.7. The van der Waals surface area contributed by atoms with Crippen molar-refractivity contribution in [2.45, 2.75) is 33.8 Å². The van der Waals surface area contributed by atoms with Crippen molar-refractivity contribution in [3.8, 4) is 0 Å². The Morgan fingerprint density at radius 1 is 0.963 bits per heavy atom. The minimum Gasteiger partial charge on any atom is -0.451 e. The second-order valence-electron chi connectivity index (χ2n) is 6.58. The number of hydrogen-bond donors (Lipinski definition) is 1. The predicted octanol–water partition coefficient (Wildman–Crippen LogP) is 3.41. The number of esters is 1. The van der Waals surface area contributed by atoms with Crippen molar-refractivity contribution in [3.05, 3.63) is 64.2 Å². The first-order chi connectivity index (χ1) is 12.5. The van der Waals surface area contributed by atoms with Crippen LogP contribution in [0.2, 0.25) is 0 Å². The normalized spacial score (nSPS) is 12.3. The molecular weight excluding hydrogens is 366 g/mol. The van der Waals surface area contributed by atoms with E-state index in [0.717, 1.165) is 22.9 Å². The van der Waals surface area contributed by atoms with E-state index in [2.05, 4.69) is 4.72 Å². The third kappa shape index (κ3) is 5.17. The van der Waals surface area contributed by atoms with Crippen LogP contribution in [0.1, 0.15) is 44.3 Å². The lowest BCUT2D eigenvalue weighted by Crippen LogP contribution is -2.26. The number of sulfonamides is 1. The Morgan fingerprint density at radius 2 is 1.56 bits per heavy atom. The third-order valence-electron chi connectivity index (χ3n) is 4.20. The van der Waals surface area contributed by atoms with E-state index in [9.17, 15) is 18.0 Å². The molecule has 0 heterocycles. The highest BCUT2D eigenvalue weighted by Gasteiger charge is 2.24. The molecular formula is C20H23NO5S. The third-order valence-corrected chi connectivity index (χ3v) is 4.79. The molecule has 7 heteroatoms. The Bertz CT molecular complexity index is 995. The molecule has 0 radical (unpaired) electrons. The van der Waals surface area contributed by atoms with Gasteiger partial charge in [0.05, 0.1) is 17.5 Å². The largest absolute Gasteiger partial charge is 0.451 e. The highest BCUT2D eigenvalue weighted by atomic mass is 32.2. The molecule has 0 unspecified atom stereocenters. The Balaban J connectivity index is 2.24. The fourth-order valence-corrected chi connectivity index (χ4v) is 3.25. The molecule has 0 saturated heterocycles. The maximum absolute atomic E-state index is 12.7. The number of benzene rings is 2. The fraction of sp³-hybridized carbons (Fsp3) is 0.300. The van der Waals surface area contributed by atoms with Crippen LogP contribution in [0, 0.1) is 20.8 Å². The predicted molar refractivity (Wildman–Crippen MR) is 105 cm³/mol. The number of aryl methyl sites for hydroxylation is 3. The summed E-state index contributed by atoms with van der Waals surface area (Å²) in [5, 5.41) is 0. The molecule has 0 saturated carbocycles. The summed E-state index contributed by atoms with van der Waals surface area (Å²) in [6, 6.07) is 9.78. The van der Waals surface area contributed by atoms with Gasteiger partial charge in [-0.1, -0.05) is 18.2 Å². The first kappa shape index (κ1) is 20.6. The van der Waals surface area contributed by atoms with Crippen LogP contribution in [-0.2, 0) is 14.8 Å². The zero-order chi connectivity index (χ0) is 20.4. The molecule has 0 bridgehead atoms. The lowest BCUT2D eigenvalue weighted by atomic mass is 9.96. The van der Waals surface area contributed by atoms with E-state index < -0.39 is 22.1 Å². The number of para-hydroxylation sites is 1. The molecule has 2 aromatic carbocycles. The van der Waals surface area contributed by atoms with E-state index in [1.807, 2.05) is 26.8 Å². The van der Waals surface area contributed by atoms with Gasteiger partial charge in [-0.15, -0.1) is 0 Å². The summed E-state index contributed by atoms with van der Waals surface area (Å²) in [5.74, 6) is -1.08. The summed E-state index contributed by atoms with van der Waals surface area (Å²) >= 11 is 0. The first-order valence-electron chi connectivity index (χ1n) is 8.39. The smallest absolute Gasteiger partial charge is 0.340 e. The molecule has 1 N–H and O–H groups in total. The number of ether oxygens (including phenoxy) is 1. The van der Waals surface area contributed by atoms with Crippen LogP contribution in [0.3, 0.4) is 0 Å². The van der Waals surface area contributed by atoms with Crippen LogP contribution < -0.4 is 4.72 Å². The van der Waals surface area contributed by atoms with Crippen LogP contribution >= 0.6 is 0 Å². The summed E-state index contributed by atoms with van der Waals surface area (Å²) in [6.45, 7) is 7.21. The van der Waals surface area contributed by atoms with Crippen molar-refractivity contribution in [1.29, 1.82) is 0 Å². The number of rotatable bonds is 6. The van der Waals surface area contributed by atoms with Gasteiger partial charge in [0.1, 0.15) is 0 Å². The lowest BCUT2D eigenvalue weighted by Gasteiger charge is -2.16. The average Bonchev–Trinajstić information content (AvgIpc) is 2.56. The van der Waals surface area contributed by atoms with Gasteiger partial charge in [-0.3, -0.25) is 9.52 Å². The zero-order valence-electron chi connectivity index (χ0n) is 16.0. The molecule has 0 fully saturated rings. The first-order valence-corrected chi connectivity index (χ1v) is 10.3. The van der Waals surface area contributed by atoms with Gasteiger partial charge in [0.2, 0.25) is 15.8 Å². The number of hydrogen-bond acceptors (Lipinski definition) is 5. The van der Waals surface area contributed by atoms with Gasteiger partial charge in [0.15, 0.2) is 6.10 Å². The molecule has 0 aliphatic rings. The highest BCUT2D eigenvalue weighted by molar-refractivity contribution is 7.92. The average molecular weight is 389 g/mol. The fourth-order valence-electron chi connectivity index (χ4n) is 2.67. The number of ketones is 1. The molecule has 0 spiro atoms. The summed E-state index contributed by atoms with van der Waals surface area (Å²) in [7, 11) is -3.56. The van der Waals surface area contributed by atoms with E-state index in [1.165, 1.54) is 19.1 Å². The molecule has 0 aliphatic carbocycles. The molecule has 144 valence electrons. The van der Waals surface area contributed by atoms with Crippen LogP contribution in [0.25, 0.3) is 0 Å². The summed E-state index contributed by atoms with van der Waals surface area (Å²) in [5.41, 5.74) is 3.51. The van der Waals surface area contributed by atoms with Crippen LogP contribution in [-0.4, -0.2) is 32.5 Å². The topological polar surface area (TPSA) is 89.5 Å². The Labute approximate surface area is 159 Å². The monoisotopic (exact) mass is 389 g/mol. The van der Waals surface area contributed by atoms with Gasteiger partial charge in [0.25, 0.3) is 0 Å². The van der Waals surface area contributed by atoms with E-state index >= 15 is 0 Å². The van der Waals surface area contributed by atoms with Crippen molar-refractivity contribution in [2.24, 2.45) is 0 Å². The van der Waals surface area contributed by atoms with Crippen molar-refractivity contribution in [3.63, 3.8) is 0 Å². The summed E-state index contributed by atoms with van der Waals surface area (Å²) < 4.78 is 30.5. The molecule has 6 nitrogen and oxygen atoms in total. The SMILES string of the molecule is Cc1cc(C)c(C(=O)[C@@H](C)OC(=O)c2ccccc2NS(C)(=O)=O)cc1C. The molecule has 27 heavy (non-hydrogen) atoms. The van der Waals surface area contributed by atoms with Crippen molar-refractivity contribution in [2.75, 3.05) is 11.0 Å². The minimum atomic E-state index is -3.56. The second-order valence-corrected chi connectivity index (χ2v) is 8.33. The summed E-state index contributed by atoms with van der Waals surface area (Å²) in [6.07, 6.45) is -0.0198. The Morgan fingerprint density at radius 3 is 2.19 bits per heavy atom. The lowest BCUT2D eigenvalue weighted by molar-refractivity contribution is 0.0319. The molecule has 1 atom stereocenters. The van der Waals surface area contributed by atoms with Crippen LogP contribution in [0.4, 0.5) is 5.69 Å². The van der Waals surface area contributed by atoms with E-state index in [-0.39, 0.29) is 17.0 Å². The zero-order valence-corrected chi connectivity index (χ0v) is 16.8. The van der Waals surface area contributed by atoms with Gasteiger partial charge in [0, 0.05) is 5.56 Å². The van der Waals surface area contributed by atoms with Crippen molar-refractivity contribution >= 4 is 27.5 Å².